The number of piperidine rings is 1. The first kappa shape index (κ1) is 13.4. The number of hydrogen-bond acceptors (Lipinski definition) is 2. The van der Waals surface area contributed by atoms with Crippen LogP contribution in [-0.2, 0) is 11.2 Å². The van der Waals surface area contributed by atoms with E-state index in [0.717, 1.165) is 31.4 Å². The Balaban J connectivity index is 1.62. The van der Waals surface area contributed by atoms with Gasteiger partial charge in [-0.3, -0.25) is 9.18 Å². The molecule has 1 saturated heterocycles. The summed E-state index contributed by atoms with van der Waals surface area (Å²) >= 11 is 0. The molecule has 1 aromatic rings. The smallest absolute Gasteiger partial charge is 0.263 e. The monoisotopic (exact) mass is 277 g/mol. The van der Waals surface area contributed by atoms with Crippen LogP contribution in [0.15, 0.2) is 24.3 Å². The van der Waals surface area contributed by atoms with Gasteiger partial charge in [-0.15, -0.1) is 0 Å². The highest BCUT2D eigenvalue weighted by Crippen LogP contribution is 2.28. The van der Waals surface area contributed by atoms with E-state index in [1.54, 1.807) is 0 Å². The summed E-state index contributed by atoms with van der Waals surface area (Å²) in [7, 11) is 0. The molecule has 3 rings (SSSR count). The van der Waals surface area contributed by atoms with Gasteiger partial charge in [0.15, 0.2) is 6.10 Å². The van der Waals surface area contributed by atoms with Crippen molar-refractivity contribution in [2.45, 2.75) is 31.8 Å². The minimum atomic E-state index is -0.369. The largest absolute Gasteiger partial charge is 0.480 e. The summed E-state index contributed by atoms with van der Waals surface area (Å²) in [6.07, 6.45) is 2.79. The molecule has 0 saturated carbocycles. The molecule has 1 fully saturated rings. The Morgan fingerprint density at radius 2 is 2.00 bits per heavy atom. The van der Waals surface area contributed by atoms with Gasteiger partial charge in [0.2, 0.25) is 0 Å². The average molecular weight is 277 g/mol. The zero-order valence-corrected chi connectivity index (χ0v) is 11.6. The van der Waals surface area contributed by atoms with Gasteiger partial charge in [-0.05, 0) is 43.2 Å². The van der Waals surface area contributed by atoms with E-state index < -0.39 is 0 Å². The van der Waals surface area contributed by atoms with Gasteiger partial charge < -0.3 is 9.64 Å². The summed E-state index contributed by atoms with van der Waals surface area (Å²) in [4.78, 5) is 14.3. The number of halogens is 1. The van der Waals surface area contributed by atoms with Crippen molar-refractivity contribution in [2.75, 3.05) is 19.8 Å². The summed E-state index contributed by atoms with van der Waals surface area (Å²) in [5.74, 6) is 1.03. The molecule has 108 valence electrons. The summed E-state index contributed by atoms with van der Waals surface area (Å²) in [6, 6.07) is 7.89. The topological polar surface area (TPSA) is 29.5 Å². The molecule has 1 amide bonds. The zero-order valence-electron chi connectivity index (χ0n) is 11.6. The van der Waals surface area contributed by atoms with Crippen LogP contribution in [0.1, 0.15) is 24.8 Å². The molecule has 0 aliphatic carbocycles. The SMILES string of the molecule is O=C(C1CCc2ccccc2O1)N1CCC(CF)CC1. The zero-order chi connectivity index (χ0) is 13.9. The van der Waals surface area contributed by atoms with E-state index in [1.165, 1.54) is 5.56 Å². The number of carbonyl (C=O) groups is 1. The standard InChI is InChI=1S/C16H20FNO2/c17-11-12-7-9-18(10-8-12)16(19)15-6-5-13-3-1-2-4-14(13)20-15/h1-4,12,15H,5-11H2. The fraction of sp³-hybridized carbons (Fsp3) is 0.562. The molecule has 2 aliphatic heterocycles. The highest BCUT2D eigenvalue weighted by Gasteiger charge is 2.31. The van der Waals surface area contributed by atoms with Crippen molar-refractivity contribution >= 4 is 5.91 Å². The van der Waals surface area contributed by atoms with E-state index in [0.29, 0.717) is 13.1 Å². The van der Waals surface area contributed by atoms with Gasteiger partial charge >= 0.3 is 0 Å². The van der Waals surface area contributed by atoms with Crippen molar-refractivity contribution in [3.8, 4) is 5.75 Å². The number of alkyl halides is 1. The minimum Gasteiger partial charge on any atom is -0.480 e. The number of ether oxygens (including phenoxy) is 1. The first-order chi connectivity index (χ1) is 9.78. The van der Waals surface area contributed by atoms with Crippen LogP contribution < -0.4 is 4.74 Å². The van der Waals surface area contributed by atoms with Crippen LogP contribution in [0.5, 0.6) is 5.75 Å². The predicted molar refractivity (Wildman–Crippen MR) is 74.5 cm³/mol. The molecule has 4 heteroatoms. The lowest BCUT2D eigenvalue weighted by Gasteiger charge is -2.34. The molecule has 2 aliphatic rings. The van der Waals surface area contributed by atoms with E-state index in [2.05, 4.69) is 0 Å². The number of aryl methyl sites for hydroxylation is 1. The molecular formula is C16H20FNO2. The lowest BCUT2D eigenvalue weighted by molar-refractivity contribution is -0.141. The van der Waals surface area contributed by atoms with Crippen LogP contribution in [0.2, 0.25) is 0 Å². The number of amides is 1. The van der Waals surface area contributed by atoms with E-state index in [-0.39, 0.29) is 24.6 Å². The molecule has 0 bridgehead atoms. The van der Waals surface area contributed by atoms with Crippen LogP contribution in [0.4, 0.5) is 4.39 Å². The van der Waals surface area contributed by atoms with E-state index in [1.807, 2.05) is 29.2 Å². The van der Waals surface area contributed by atoms with Gasteiger partial charge in [0.1, 0.15) is 5.75 Å². The Kier molecular flexibility index (Phi) is 3.90. The number of benzene rings is 1. The van der Waals surface area contributed by atoms with Gasteiger partial charge in [-0.1, -0.05) is 18.2 Å². The van der Waals surface area contributed by atoms with Crippen LogP contribution in [0, 0.1) is 5.92 Å². The summed E-state index contributed by atoms with van der Waals surface area (Å²) in [5.41, 5.74) is 1.17. The predicted octanol–water partition coefficient (Wildman–Crippen LogP) is 2.59. The molecule has 1 unspecified atom stereocenters. The van der Waals surface area contributed by atoms with Crippen LogP contribution in [0.3, 0.4) is 0 Å². The Morgan fingerprint density at radius 1 is 1.25 bits per heavy atom. The second kappa shape index (κ2) is 5.81. The number of nitrogens with zero attached hydrogens (tertiary/aromatic N) is 1. The molecule has 2 heterocycles. The Hall–Kier alpha value is -1.58. The Bertz CT molecular complexity index is 483. The fourth-order valence-electron chi connectivity index (χ4n) is 3.01. The molecule has 0 aromatic heterocycles. The van der Waals surface area contributed by atoms with Crippen molar-refractivity contribution in [3.05, 3.63) is 29.8 Å². The normalized spacial score (nSPS) is 23.1. The van der Waals surface area contributed by atoms with E-state index >= 15 is 0 Å². The lowest BCUT2D eigenvalue weighted by Crippen LogP contribution is -2.47. The van der Waals surface area contributed by atoms with Gasteiger partial charge in [0.05, 0.1) is 6.67 Å². The van der Waals surface area contributed by atoms with Crippen molar-refractivity contribution in [2.24, 2.45) is 5.92 Å². The third-order valence-corrected chi connectivity index (χ3v) is 4.34. The van der Waals surface area contributed by atoms with Crippen molar-refractivity contribution in [1.82, 2.24) is 4.90 Å². The average Bonchev–Trinajstić information content (AvgIpc) is 2.54. The van der Waals surface area contributed by atoms with Gasteiger partial charge in [0.25, 0.3) is 5.91 Å². The van der Waals surface area contributed by atoms with E-state index in [4.69, 9.17) is 4.74 Å². The highest BCUT2D eigenvalue weighted by molar-refractivity contribution is 5.81. The molecule has 1 aromatic carbocycles. The maximum atomic E-state index is 12.6. The molecule has 3 nitrogen and oxygen atoms in total. The van der Waals surface area contributed by atoms with Gasteiger partial charge in [-0.25, -0.2) is 0 Å². The third-order valence-electron chi connectivity index (χ3n) is 4.34. The van der Waals surface area contributed by atoms with E-state index in [9.17, 15) is 9.18 Å². The summed E-state index contributed by atoms with van der Waals surface area (Å²) in [5, 5.41) is 0. The number of carbonyl (C=O) groups excluding carboxylic acids is 1. The second-order valence-electron chi connectivity index (χ2n) is 5.68. The minimum absolute atomic E-state index is 0.0665. The van der Waals surface area contributed by atoms with Crippen LogP contribution in [0.25, 0.3) is 0 Å². The van der Waals surface area contributed by atoms with Crippen molar-refractivity contribution in [3.63, 3.8) is 0 Å². The summed E-state index contributed by atoms with van der Waals surface area (Å²) in [6.45, 7) is 1.05. The van der Waals surface area contributed by atoms with Crippen molar-refractivity contribution in [1.29, 1.82) is 0 Å². The number of hydrogen-bond donors (Lipinski definition) is 0. The quantitative estimate of drug-likeness (QED) is 0.831. The fourth-order valence-corrected chi connectivity index (χ4v) is 3.01. The number of fused-ring (bicyclic) bond motifs is 1. The molecule has 0 N–H and O–H groups in total. The Labute approximate surface area is 118 Å². The molecule has 1 atom stereocenters. The number of rotatable bonds is 2. The third kappa shape index (κ3) is 2.65. The molecular weight excluding hydrogens is 257 g/mol. The van der Waals surface area contributed by atoms with Crippen LogP contribution >= 0.6 is 0 Å². The first-order valence-electron chi connectivity index (χ1n) is 7.37. The van der Waals surface area contributed by atoms with Crippen molar-refractivity contribution < 1.29 is 13.9 Å². The highest BCUT2D eigenvalue weighted by atomic mass is 19.1. The molecule has 0 spiro atoms. The number of para-hydroxylation sites is 1. The molecule has 20 heavy (non-hydrogen) atoms. The molecule has 0 radical (unpaired) electrons. The maximum Gasteiger partial charge on any atom is 0.263 e. The van der Waals surface area contributed by atoms with Gasteiger partial charge in [0, 0.05) is 13.1 Å². The van der Waals surface area contributed by atoms with Gasteiger partial charge in [-0.2, -0.15) is 0 Å². The second-order valence-corrected chi connectivity index (χ2v) is 5.68. The van der Waals surface area contributed by atoms with Crippen LogP contribution in [-0.4, -0.2) is 36.7 Å². The maximum absolute atomic E-state index is 12.6. The number of likely N-dealkylation sites (tertiary alicyclic amines) is 1. The Morgan fingerprint density at radius 3 is 2.75 bits per heavy atom. The lowest BCUT2D eigenvalue weighted by atomic mass is 9.96. The summed E-state index contributed by atoms with van der Waals surface area (Å²) < 4.78 is 18.4. The first-order valence-corrected chi connectivity index (χ1v) is 7.37.